The van der Waals surface area contributed by atoms with Gasteiger partial charge in [-0.1, -0.05) is 0 Å². The molecule has 0 spiro atoms. The van der Waals surface area contributed by atoms with Crippen molar-refractivity contribution in [3.05, 3.63) is 0 Å². The van der Waals surface area contributed by atoms with Crippen molar-refractivity contribution in [1.29, 1.82) is 0 Å². The van der Waals surface area contributed by atoms with Gasteiger partial charge in [-0.2, -0.15) is 0 Å². The minimum Gasteiger partial charge on any atom is -0.386 e. The highest BCUT2D eigenvalue weighted by molar-refractivity contribution is 4.81. The molecule has 1 rings (SSSR count). The molecule has 1 saturated heterocycles. The molecule has 4 nitrogen and oxygen atoms in total. The molecule has 0 amide bonds. The summed E-state index contributed by atoms with van der Waals surface area (Å²) in [6.45, 7) is 1.81. The van der Waals surface area contributed by atoms with Crippen LogP contribution in [0, 0.1) is 0 Å². The van der Waals surface area contributed by atoms with Crippen LogP contribution in [0.5, 0.6) is 0 Å². The van der Waals surface area contributed by atoms with Crippen molar-refractivity contribution < 1.29 is 14.9 Å². The summed E-state index contributed by atoms with van der Waals surface area (Å²) in [6, 6.07) is -0.362. The van der Waals surface area contributed by atoms with Crippen LogP contribution in [0.15, 0.2) is 0 Å². The maximum atomic E-state index is 9.06. The van der Waals surface area contributed by atoms with Gasteiger partial charge in [0.2, 0.25) is 0 Å². The summed E-state index contributed by atoms with van der Waals surface area (Å²) >= 11 is 0. The Kier molecular flexibility index (Phi) is 2.25. The number of nitrogens with two attached hydrogens (primary N) is 1. The predicted molar refractivity (Wildman–Crippen MR) is 35.2 cm³/mol. The first-order valence-electron chi connectivity index (χ1n) is 3.38. The van der Waals surface area contributed by atoms with E-state index in [0.717, 1.165) is 0 Å². The van der Waals surface area contributed by atoms with Gasteiger partial charge >= 0.3 is 0 Å². The van der Waals surface area contributed by atoms with Crippen LogP contribution in [-0.2, 0) is 4.74 Å². The van der Waals surface area contributed by atoms with Gasteiger partial charge in [-0.05, 0) is 13.3 Å². The van der Waals surface area contributed by atoms with Crippen molar-refractivity contribution in [2.45, 2.75) is 37.9 Å². The van der Waals surface area contributed by atoms with Crippen LogP contribution < -0.4 is 5.73 Å². The summed E-state index contributed by atoms with van der Waals surface area (Å²) in [5, 5.41) is 18.0. The molecule has 1 heterocycles. The Hall–Kier alpha value is -0.160. The molecule has 0 aromatic heterocycles. The average molecular weight is 147 g/mol. The molecular weight excluding hydrogens is 134 g/mol. The molecule has 0 saturated carbocycles. The van der Waals surface area contributed by atoms with E-state index in [1.54, 1.807) is 0 Å². The van der Waals surface area contributed by atoms with Gasteiger partial charge < -0.3 is 20.7 Å². The average Bonchev–Trinajstić information content (AvgIpc) is 1.82. The molecule has 0 aromatic rings. The van der Waals surface area contributed by atoms with Crippen LogP contribution in [0.3, 0.4) is 0 Å². The van der Waals surface area contributed by atoms with Gasteiger partial charge in [-0.25, -0.2) is 0 Å². The van der Waals surface area contributed by atoms with Gasteiger partial charge in [0.15, 0.2) is 6.29 Å². The van der Waals surface area contributed by atoms with E-state index in [9.17, 15) is 0 Å². The van der Waals surface area contributed by atoms with Gasteiger partial charge in [-0.3, -0.25) is 0 Å². The van der Waals surface area contributed by atoms with E-state index in [2.05, 4.69) is 0 Å². The van der Waals surface area contributed by atoms with Crippen molar-refractivity contribution in [2.24, 2.45) is 5.73 Å². The van der Waals surface area contributed by atoms with Crippen LogP contribution in [-0.4, -0.2) is 34.8 Å². The van der Waals surface area contributed by atoms with Crippen LogP contribution >= 0.6 is 0 Å². The fraction of sp³-hybridized carbons (Fsp3) is 1.00. The lowest BCUT2D eigenvalue weighted by Crippen LogP contribution is -2.51. The number of rotatable bonds is 0. The molecule has 4 atom stereocenters. The number of hydrogen-bond acceptors (Lipinski definition) is 4. The molecule has 0 radical (unpaired) electrons. The van der Waals surface area contributed by atoms with Gasteiger partial charge in [0.1, 0.15) is 6.10 Å². The minimum atomic E-state index is -1.11. The van der Waals surface area contributed by atoms with E-state index < -0.39 is 12.4 Å². The van der Waals surface area contributed by atoms with E-state index in [4.69, 9.17) is 20.7 Å². The fourth-order valence-corrected chi connectivity index (χ4v) is 1.11. The van der Waals surface area contributed by atoms with Crippen molar-refractivity contribution in [1.82, 2.24) is 0 Å². The van der Waals surface area contributed by atoms with Crippen molar-refractivity contribution in [3.63, 3.8) is 0 Å². The maximum Gasteiger partial charge on any atom is 0.182 e. The lowest BCUT2D eigenvalue weighted by atomic mass is 10.0. The second-order valence-corrected chi connectivity index (χ2v) is 2.73. The third-order valence-electron chi connectivity index (χ3n) is 1.71. The Labute approximate surface area is 59.6 Å². The number of aliphatic hydroxyl groups is 2. The minimum absolute atomic E-state index is 0.0617. The van der Waals surface area contributed by atoms with Gasteiger partial charge in [0.05, 0.1) is 6.10 Å². The molecule has 10 heavy (non-hydrogen) atoms. The van der Waals surface area contributed by atoms with E-state index in [1.807, 2.05) is 6.92 Å². The van der Waals surface area contributed by atoms with Crippen LogP contribution in [0.1, 0.15) is 13.3 Å². The molecule has 1 fully saturated rings. The quantitative estimate of drug-likeness (QED) is 0.402. The Bertz CT molecular complexity index is 108. The smallest absolute Gasteiger partial charge is 0.182 e. The predicted octanol–water partition coefficient (Wildman–Crippen LogP) is -1.20. The van der Waals surface area contributed by atoms with Crippen molar-refractivity contribution >= 4 is 0 Å². The van der Waals surface area contributed by atoms with E-state index >= 15 is 0 Å². The summed E-state index contributed by atoms with van der Waals surface area (Å²) in [5.41, 5.74) is 5.47. The van der Waals surface area contributed by atoms with E-state index in [0.29, 0.717) is 6.42 Å². The highest BCUT2D eigenvalue weighted by atomic mass is 16.6. The SMILES string of the molecule is CC1CC(N)C(O)C(O)O1. The van der Waals surface area contributed by atoms with Crippen LogP contribution in [0.4, 0.5) is 0 Å². The topological polar surface area (TPSA) is 75.7 Å². The molecular formula is C6H13NO3. The number of aliphatic hydroxyl groups excluding tert-OH is 2. The summed E-state index contributed by atoms with van der Waals surface area (Å²) < 4.78 is 4.89. The summed E-state index contributed by atoms with van der Waals surface area (Å²) in [4.78, 5) is 0. The fourth-order valence-electron chi connectivity index (χ4n) is 1.11. The molecule has 1 aliphatic heterocycles. The Morgan fingerprint density at radius 2 is 2.10 bits per heavy atom. The van der Waals surface area contributed by atoms with Crippen LogP contribution in [0.2, 0.25) is 0 Å². The largest absolute Gasteiger partial charge is 0.386 e. The monoisotopic (exact) mass is 147 g/mol. The Balaban J connectivity index is 2.49. The van der Waals surface area contributed by atoms with Crippen LogP contribution in [0.25, 0.3) is 0 Å². The first-order chi connectivity index (χ1) is 4.61. The van der Waals surface area contributed by atoms with Gasteiger partial charge in [0.25, 0.3) is 0 Å². The summed E-state index contributed by atoms with van der Waals surface area (Å²) in [5.74, 6) is 0. The lowest BCUT2D eigenvalue weighted by Gasteiger charge is -2.33. The zero-order valence-corrected chi connectivity index (χ0v) is 5.90. The number of hydrogen-bond donors (Lipinski definition) is 3. The lowest BCUT2D eigenvalue weighted by molar-refractivity contribution is -0.216. The first-order valence-corrected chi connectivity index (χ1v) is 3.38. The van der Waals surface area contributed by atoms with E-state index in [-0.39, 0.29) is 12.1 Å². The van der Waals surface area contributed by atoms with Gasteiger partial charge in [-0.15, -0.1) is 0 Å². The molecule has 0 bridgehead atoms. The second-order valence-electron chi connectivity index (χ2n) is 2.73. The molecule has 4 unspecified atom stereocenters. The zero-order valence-electron chi connectivity index (χ0n) is 5.90. The highest BCUT2D eigenvalue weighted by Gasteiger charge is 2.32. The number of ether oxygens (including phenoxy) is 1. The first kappa shape index (κ1) is 7.94. The molecule has 0 aromatic carbocycles. The van der Waals surface area contributed by atoms with Crippen molar-refractivity contribution in [2.75, 3.05) is 0 Å². The Morgan fingerprint density at radius 3 is 2.60 bits per heavy atom. The highest BCUT2D eigenvalue weighted by Crippen LogP contribution is 2.16. The zero-order chi connectivity index (χ0) is 7.72. The maximum absolute atomic E-state index is 9.06. The molecule has 4 heteroatoms. The Morgan fingerprint density at radius 1 is 1.50 bits per heavy atom. The van der Waals surface area contributed by atoms with Gasteiger partial charge in [0, 0.05) is 6.04 Å². The molecule has 0 aliphatic carbocycles. The molecule has 4 N–H and O–H groups in total. The summed E-state index contributed by atoms with van der Waals surface area (Å²) in [6.07, 6.45) is -1.51. The van der Waals surface area contributed by atoms with Crippen molar-refractivity contribution in [3.8, 4) is 0 Å². The third kappa shape index (κ3) is 1.46. The second kappa shape index (κ2) is 2.84. The third-order valence-corrected chi connectivity index (χ3v) is 1.71. The normalized spacial score (nSPS) is 49.2. The summed E-state index contributed by atoms with van der Waals surface area (Å²) in [7, 11) is 0. The van der Waals surface area contributed by atoms with E-state index in [1.165, 1.54) is 0 Å². The molecule has 60 valence electrons. The molecule has 1 aliphatic rings. The standard InChI is InChI=1S/C6H13NO3/c1-3-2-4(7)5(8)6(9)10-3/h3-6,8-9H,2,7H2,1H3.